The van der Waals surface area contributed by atoms with Crippen molar-refractivity contribution in [2.24, 2.45) is 0 Å². The monoisotopic (exact) mass is 261 g/mol. The highest BCUT2D eigenvalue weighted by atomic mass is 19.4. The maximum atomic E-state index is 12.2. The zero-order valence-corrected chi connectivity index (χ0v) is 9.69. The fourth-order valence-electron chi connectivity index (χ4n) is 1.95. The molecule has 1 aromatic rings. The summed E-state index contributed by atoms with van der Waals surface area (Å²) in [5.41, 5.74) is 0. The van der Waals surface area contributed by atoms with Crippen molar-refractivity contribution in [2.45, 2.75) is 6.18 Å². The second-order valence-electron chi connectivity index (χ2n) is 4.25. The van der Waals surface area contributed by atoms with E-state index in [2.05, 4.69) is 4.98 Å². The Labute approximate surface area is 103 Å². The lowest BCUT2D eigenvalue weighted by molar-refractivity contribution is -0.146. The predicted molar refractivity (Wildman–Crippen MR) is 60.6 cm³/mol. The summed E-state index contributed by atoms with van der Waals surface area (Å²) in [7, 11) is 0. The first kappa shape index (κ1) is 12.9. The van der Waals surface area contributed by atoms with Crippen LogP contribution >= 0.6 is 0 Å². The van der Waals surface area contributed by atoms with E-state index in [1.54, 1.807) is 6.07 Å². The van der Waals surface area contributed by atoms with Gasteiger partial charge in [-0.1, -0.05) is 0 Å². The minimum atomic E-state index is -4.14. The molecule has 0 amide bonds. The number of anilines is 1. The summed E-state index contributed by atoms with van der Waals surface area (Å²) in [6, 6.07) is 3.18. The Bertz CT molecular complexity index is 386. The fraction of sp³-hybridized carbons (Fsp3) is 0.545. The first-order valence-corrected chi connectivity index (χ1v) is 5.63. The highest BCUT2D eigenvalue weighted by Crippen LogP contribution is 2.20. The van der Waals surface area contributed by atoms with Gasteiger partial charge in [0.1, 0.15) is 11.6 Å². The van der Waals surface area contributed by atoms with Crippen molar-refractivity contribution in [3.8, 4) is 5.75 Å². The second-order valence-corrected chi connectivity index (χ2v) is 4.25. The molecule has 0 aliphatic carbocycles. The molecule has 0 atom stereocenters. The average molecular weight is 261 g/mol. The van der Waals surface area contributed by atoms with Gasteiger partial charge in [-0.2, -0.15) is 13.2 Å². The number of rotatable bonds is 2. The van der Waals surface area contributed by atoms with Gasteiger partial charge in [-0.05, 0) is 12.1 Å². The van der Waals surface area contributed by atoms with Crippen LogP contribution in [0.5, 0.6) is 5.75 Å². The minimum absolute atomic E-state index is 0.0782. The Hall–Kier alpha value is -1.50. The molecule has 0 radical (unpaired) electrons. The fourth-order valence-corrected chi connectivity index (χ4v) is 1.95. The summed E-state index contributed by atoms with van der Waals surface area (Å²) in [5, 5.41) is 9.11. The molecule has 1 saturated heterocycles. The molecule has 1 N–H and O–H groups in total. The Kier molecular flexibility index (Phi) is 3.60. The summed E-state index contributed by atoms with van der Waals surface area (Å²) >= 11 is 0. The number of hydrogen-bond acceptors (Lipinski definition) is 4. The largest absolute Gasteiger partial charge is 0.506 e. The van der Waals surface area contributed by atoms with Crippen LogP contribution in [0, 0.1) is 0 Å². The van der Waals surface area contributed by atoms with Crippen LogP contribution in [0.3, 0.4) is 0 Å². The first-order valence-electron chi connectivity index (χ1n) is 5.63. The lowest BCUT2D eigenvalue weighted by atomic mass is 10.3. The molecule has 4 nitrogen and oxygen atoms in total. The molecule has 1 fully saturated rings. The Morgan fingerprint density at radius 2 is 1.83 bits per heavy atom. The molecule has 100 valence electrons. The summed E-state index contributed by atoms with van der Waals surface area (Å²) < 4.78 is 36.6. The van der Waals surface area contributed by atoms with Crippen LogP contribution in [0.1, 0.15) is 0 Å². The van der Waals surface area contributed by atoms with Crippen molar-refractivity contribution in [1.82, 2.24) is 9.88 Å². The molecule has 1 aromatic heterocycles. The Morgan fingerprint density at radius 1 is 1.17 bits per heavy atom. The molecular weight excluding hydrogens is 247 g/mol. The van der Waals surface area contributed by atoms with Crippen LogP contribution < -0.4 is 4.90 Å². The van der Waals surface area contributed by atoms with E-state index in [0.29, 0.717) is 32.0 Å². The SMILES string of the molecule is Oc1ccc(N2CCN(CC(F)(F)F)CC2)nc1. The molecule has 0 bridgehead atoms. The molecule has 1 aliphatic rings. The molecular formula is C11H14F3N3O. The van der Waals surface area contributed by atoms with Gasteiger partial charge >= 0.3 is 6.18 Å². The third-order valence-electron chi connectivity index (χ3n) is 2.83. The van der Waals surface area contributed by atoms with Gasteiger partial charge in [0.2, 0.25) is 0 Å². The van der Waals surface area contributed by atoms with E-state index in [1.807, 2.05) is 4.90 Å². The van der Waals surface area contributed by atoms with Gasteiger partial charge in [0.25, 0.3) is 0 Å². The third-order valence-corrected chi connectivity index (χ3v) is 2.83. The number of hydrogen-bond donors (Lipinski definition) is 1. The second kappa shape index (κ2) is 5.01. The van der Waals surface area contributed by atoms with Crippen molar-refractivity contribution in [3.63, 3.8) is 0 Å². The molecule has 2 rings (SSSR count). The summed E-state index contributed by atoms with van der Waals surface area (Å²) in [6.45, 7) is 0.885. The van der Waals surface area contributed by atoms with Crippen molar-refractivity contribution in [1.29, 1.82) is 0 Å². The predicted octanol–water partition coefficient (Wildman–Crippen LogP) is 1.47. The number of nitrogens with zero attached hydrogens (tertiary/aromatic N) is 3. The Morgan fingerprint density at radius 3 is 2.33 bits per heavy atom. The van der Waals surface area contributed by atoms with Gasteiger partial charge in [0, 0.05) is 26.2 Å². The Balaban J connectivity index is 1.88. The maximum absolute atomic E-state index is 12.2. The smallest absolute Gasteiger partial charge is 0.401 e. The molecule has 0 spiro atoms. The van der Waals surface area contributed by atoms with E-state index in [4.69, 9.17) is 5.11 Å². The van der Waals surface area contributed by atoms with E-state index < -0.39 is 12.7 Å². The van der Waals surface area contributed by atoms with Crippen LogP contribution in [-0.4, -0.2) is 53.9 Å². The first-order chi connectivity index (χ1) is 8.44. The van der Waals surface area contributed by atoms with Gasteiger partial charge in [0.05, 0.1) is 12.7 Å². The maximum Gasteiger partial charge on any atom is 0.401 e. The van der Waals surface area contributed by atoms with Crippen LogP contribution in [0.15, 0.2) is 18.3 Å². The van der Waals surface area contributed by atoms with Crippen molar-refractivity contribution in [2.75, 3.05) is 37.6 Å². The molecule has 18 heavy (non-hydrogen) atoms. The zero-order chi connectivity index (χ0) is 13.2. The van der Waals surface area contributed by atoms with Crippen LogP contribution in [-0.2, 0) is 0 Å². The van der Waals surface area contributed by atoms with E-state index >= 15 is 0 Å². The number of aromatic hydroxyl groups is 1. The number of alkyl halides is 3. The van der Waals surface area contributed by atoms with Gasteiger partial charge < -0.3 is 10.0 Å². The summed E-state index contributed by atoms with van der Waals surface area (Å²) in [5.74, 6) is 0.758. The highest BCUT2D eigenvalue weighted by Gasteiger charge is 2.32. The summed E-state index contributed by atoms with van der Waals surface area (Å²) in [4.78, 5) is 7.33. The minimum Gasteiger partial charge on any atom is -0.506 e. The van der Waals surface area contributed by atoms with Gasteiger partial charge in [-0.3, -0.25) is 4.90 Å². The molecule has 0 unspecified atom stereocenters. The van der Waals surface area contributed by atoms with Gasteiger partial charge in [0.15, 0.2) is 0 Å². The number of aromatic nitrogens is 1. The zero-order valence-electron chi connectivity index (χ0n) is 9.69. The number of piperazine rings is 1. The van der Waals surface area contributed by atoms with Gasteiger partial charge in [-0.25, -0.2) is 4.98 Å². The van der Waals surface area contributed by atoms with E-state index in [0.717, 1.165) is 0 Å². The van der Waals surface area contributed by atoms with Crippen molar-refractivity contribution in [3.05, 3.63) is 18.3 Å². The van der Waals surface area contributed by atoms with E-state index in [1.165, 1.54) is 17.2 Å². The lowest BCUT2D eigenvalue weighted by Crippen LogP contribution is -2.49. The lowest BCUT2D eigenvalue weighted by Gasteiger charge is -2.35. The standard InChI is InChI=1S/C11H14F3N3O/c12-11(13,14)8-16-3-5-17(6-4-16)10-2-1-9(18)7-15-10/h1-2,7,18H,3-6,8H2. The van der Waals surface area contributed by atoms with E-state index in [-0.39, 0.29) is 5.75 Å². The van der Waals surface area contributed by atoms with E-state index in [9.17, 15) is 13.2 Å². The highest BCUT2D eigenvalue weighted by molar-refractivity contribution is 5.40. The van der Waals surface area contributed by atoms with Crippen LogP contribution in [0.2, 0.25) is 0 Å². The molecule has 7 heteroatoms. The topological polar surface area (TPSA) is 39.6 Å². The van der Waals surface area contributed by atoms with Crippen LogP contribution in [0.25, 0.3) is 0 Å². The van der Waals surface area contributed by atoms with Crippen LogP contribution in [0.4, 0.5) is 19.0 Å². The quantitative estimate of drug-likeness (QED) is 0.875. The van der Waals surface area contributed by atoms with Crippen molar-refractivity contribution >= 4 is 5.82 Å². The molecule has 0 saturated carbocycles. The molecule has 0 aromatic carbocycles. The number of pyridine rings is 1. The average Bonchev–Trinajstić information content (AvgIpc) is 2.29. The third kappa shape index (κ3) is 3.49. The number of halogens is 3. The molecule has 2 heterocycles. The van der Waals surface area contributed by atoms with Crippen molar-refractivity contribution < 1.29 is 18.3 Å². The van der Waals surface area contributed by atoms with Gasteiger partial charge in [-0.15, -0.1) is 0 Å². The normalized spacial score (nSPS) is 18.1. The summed E-state index contributed by atoms with van der Waals surface area (Å²) in [6.07, 6.45) is -2.81. The molecule has 1 aliphatic heterocycles.